The molecule has 0 radical (unpaired) electrons. The molecule has 0 unspecified atom stereocenters. The molecule has 10 nitrogen and oxygen atoms in total. The van der Waals surface area contributed by atoms with Gasteiger partial charge in [0.15, 0.2) is 17.0 Å². The van der Waals surface area contributed by atoms with Gasteiger partial charge in [0, 0.05) is 24.6 Å². The average molecular weight is 599 g/mol. The molecule has 45 heavy (non-hydrogen) atoms. The van der Waals surface area contributed by atoms with Gasteiger partial charge in [0.2, 0.25) is 0 Å². The molecule has 3 heterocycles. The maximum absolute atomic E-state index is 14.3. The molecule has 0 amide bonds. The standard InChI is InChI=1S/C35H34N8O2/c44-34-30-33(43(27-11-5-2-6-12-27)35(45)42(34)22-23-15-16-23)36-32(26-9-3-1-4-10-26)41(30)21-24-17-19-25(20-18-24)28-13-7-8-14-29(28)31-37-39-40-38-31/h2,5-8,11-14,17-20,23,26H,1,3-4,9-10,15-16,21-22H2,(H,37,38,39,40). The Hall–Kier alpha value is -5.12. The molecule has 8 rings (SSSR count). The Labute approximate surface area is 259 Å². The zero-order valence-corrected chi connectivity index (χ0v) is 25.0. The van der Waals surface area contributed by atoms with E-state index in [2.05, 4.69) is 55.5 Å². The molecule has 3 aromatic heterocycles. The second-order valence-corrected chi connectivity index (χ2v) is 12.4. The van der Waals surface area contributed by atoms with E-state index >= 15 is 0 Å². The fourth-order valence-electron chi connectivity index (χ4n) is 6.80. The first-order valence-electron chi connectivity index (χ1n) is 15.9. The van der Waals surface area contributed by atoms with Crippen molar-refractivity contribution >= 4 is 11.2 Å². The number of para-hydroxylation sites is 1. The number of rotatable bonds is 8. The number of nitrogens with one attached hydrogen (secondary N) is 1. The van der Waals surface area contributed by atoms with Crippen LogP contribution in [-0.2, 0) is 13.1 Å². The Bertz CT molecular complexity index is 2080. The molecule has 0 aliphatic heterocycles. The highest BCUT2D eigenvalue weighted by Crippen LogP contribution is 2.35. The summed E-state index contributed by atoms with van der Waals surface area (Å²) in [5.74, 6) is 2.13. The number of aromatic nitrogens is 8. The lowest BCUT2D eigenvalue weighted by molar-refractivity contribution is 0.420. The fourth-order valence-corrected chi connectivity index (χ4v) is 6.80. The summed E-state index contributed by atoms with van der Waals surface area (Å²) < 4.78 is 5.22. The Morgan fingerprint density at radius 2 is 1.51 bits per heavy atom. The number of hydrogen-bond acceptors (Lipinski definition) is 6. The SMILES string of the molecule is O=c1c2c(nc(C3CCCCC3)n2Cc2ccc(-c3ccccc3-c3nnn[nH]3)cc2)n(-c2ccccc2)c(=O)n1CC1CC1. The van der Waals surface area contributed by atoms with Crippen LogP contribution in [0, 0.1) is 5.92 Å². The molecule has 2 aliphatic rings. The van der Waals surface area contributed by atoms with Gasteiger partial charge in [-0.2, -0.15) is 0 Å². The summed E-state index contributed by atoms with van der Waals surface area (Å²) in [5.41, 5.74) is 5.17. The van der Waals surface area contributed by atoms with Crippen LogP contribution in [0.25, 0.3) is 39.4 Å². The van der Waals surface area contributed by atoms with Gasteiger partial charge in [-0.1, -0.05) is 86.0 Å². The molecule has 2 aliphatic carbocycles. The number of hydrogen-bond donors (Lipinski definition) is 1. The Morgan fingerprint density at radius 3 is 2.22 bits per heavy atom. The third-order valence-corrected chi connectivity index (χ3v) is 9.32. The van der Waals surface area contributed by atoms with Crippen molar-refractivity contribution in [2.45, 2.75) is 64.0 Å². The molecular formula is C35H34N8O2. The van der Waals surface area contributed by atoms with Crippen molar-refractivity contribution in [2.24, 2.45) is 5.92 Å². The maximum Gasteiger partial charge on any atom is 0.337 e. The smallest absolute Gasteiger partial charge is 0.317 e. The van der Waals surface area contributed by atoms with E-state index in [-0.39, 0.29) is 17.2 Å². The first-order chi connectivity index (χ1) is 22.2. The average Bonchev–Trinajstić information content (AvgIpc) is 3.59. The highest BCUT2D eigenvalue weighted by atomic mass is 16.2. The van der Waals surface area contributed by atoms with Gasteiger partial charge in [0.1, 0.15) is 5.82 Å². The van der Waals surface area contributed by atoms with E-state index in [0.29, 0.717) is 36.0 Å². The van der Waals surface area contributed by atoms with E-state index in [4.69, 9.17) is 4.98 Å². The van der Waals surface area contributed by atoms with E-state index in [1.54, 1.807) is 4.57 Å². The van der Waals surface area contributed by atoms with Gasteiger partial charge in [-0.15, -0.1) is 5.10 Å². The molecule has 3 aromatic carbocycles. The third-order valence-electron chi connectivity index (χ3n) is 9.32. The number of benzene rings is 3. The Balaban J connectivity index is 1.27. The number of fused-ring (bicyclic) bond motifs is 1. The first-order valence-corrected chi connectivity index (χ1v) is 15.9. The molecule has 1 N–H and O–H groups in total. The van der Waals surface area contributed by atoms with E-state index in [0.717, 1.165) is 72.3 Å². The normalized spacial score (nSPS) is 15.6. The lowest BCUT2D eigenvalue weighted by Gasteiger charge is -2.22. The third kappa shape index (κ3) is 5.09. The minimum Gasteiger partial charge on any atom is -0.317 e. The van der Waals surface area contributed by atoms with E-state index < -0.39 is 0 Å². The molecule has 0 spiro atoms. The van der Waals surface area contributed by atoms with Crippen LogP contribution in [0.3, 0.4) is 0 Å². The zero-order valence-electron chi connectivity index (χ0n) is 25.0. The van der Waals surface area contributed by atoms with Crippen LogP contribution in [0.4, 0.5) is 0 Å². The second kappa shape index (κ2) is 11.4. The quantitative estimate of drug-likeness (QED) is 0.240. The molecule has 6 aromatic rings. The van der Waals surface area contributed by atoms with Crippen molar-refractivity contribution in [2.75, 3.05) is 0 Å². The number of imidazole rings is 1. The molecule has 2 saturated carbocycles. The van der Waals surface area contributed by atoms with Gasteiger partial charge >= 0.3 is 5.69 Å². The van der Waals surface area contributed by atoms with Crippen molar-refractivity contribution in [1.29, 1.82) is 0 Å². The van der Waals surface area contributed by atoms with Crippen LogP contribution in [-0.4, -0.2) is 39.3 Å². The van der Waals surface area contributed by atoms with Gasteiger partial charge in [-0.3, -0.25) is 9.36 Å². The summed E-state index contributed by atoms with van der Waals surface area (Å²) in [6.45, 7) is 0.932. The highest BCUT2D eigenvalue weighted by molar-refractivity contribution is 5.80. The van der Waals surface area contributed by atoms with Crippen molar-refractivity contribution in [3.05, 3.63) is 111 Å². The summed E-state index contributed by atoms with van der Waals surface area (Å²) in [6, 6.07) is 26.0. The Morgan fingerprint density at radius 1 is 0.778 bits per heavy atom. The van der Waals surface area contributed by atoms with Crippen LogP contribution in [0.5, 0.6) is 0 Å². The summed E-state index contributed by atoms with van der Waals surface area (Å²) in [4.78, 5) is 33.4. The van der Waals surface area contributed by atoms with Gasteiger partial charge < -0.3 is 4.57 Å². The zero-order chi connectivity index (χ0) is 30.3. The minimum atomic E-state index is -0.310. The highest BCUT2D eigenvalue weighted by Gasteiger charge is 2.30. The number of tetrazole rings is 1. The van der Waals surface area contributed by atoms with Crippen molar-refractivity contribution < 1.29 is 0 Å². The topological polar surface area (TPSA) is 116 Å². The van der Waals surface area contributed by atoms with Crippen LogP contribution in [0.2, 0.25) is 0 Å². The van der Waals surface area contributed by atoms with Crippen LogP contribution >= 0.6 is 0 Å². The number of aromatic amines is 1. The molecule has 0 saturated heterocycles. The predicted octanol–water partition coefficient (Wildman–Crippen LogP) is 5.70. The molecule has 0 atom stereocenters. The number of nitrogens with zero attached hydrogens (tertiary/aromatic N) is 7. The van der Waals surface area contributed by atoms with Crippen LogP contribution in [0.15, 0.2) is 88.5 Å². The van der Waals surface area contributed by atoms with Gasteiger partial charge in [0.05, 0.1) is 5.69 Å². The first kappa shape index (κ1) is 27.4. The van der Waals surface area contributed by atoms with Crippen molar-refractivity contribution in [3.63, 3.8) is 0 Å². The van der Waals surface area contributed by atoms with E-state index in [9.17, 15) is 9.59 Å². The minimum absolute atomic E-state index is 0.239. The summed E-state index contributed by atoms with van der Waals surface area (Å²) >= 11 is 0. The van der Waals surface area contributed by atoms with Crippen molar-refractivity contribution in [3.8, 4) is 28.2 Å². The maximum atomic E-state index is 14.3. The molecule has 226 valence electrons. The summed E-state index contributed by atoms with van der Waals surface area (Å²) in [6.07, 6.45) is 7.64. The van der Waals surface area contributed by atoms with Gasteiger partial charge in [-0.25, -0.2) is 19.4 Å². The summed E-state index contributed by atoms with van der Waals surface area (Å²) in [7, 11) is 0. The lowest BCUT2D eigenvalue weighted by Crippen LogP contribution is -2.40. The number of H-pyrrole nitrogens is 1. The molecule has 0 bridgehead atoms. The molecule has 10 heteroatoms. The molecular weight excluding hydrogens is 564 g/mol. The monoisotopic (exact) mass is 598 g/mol. The van der Waals surface area contributed by atoms with E-state index in [1.165, 1.54) is 11.0 Å². The second-order valence-electron chi connectivity index (χ2n) is 12.4. The predicted molar refractivity (Wildman–Crippen MR) is 172 cm³/mol. The fraction of sp³-hybridized carbons (Fsp3) is 0.314. The van der Waals surface area contributed by atoms with Gasteiger partial charge in [0.25, 0.3) is 5.56 Å². The van der Waals surface area contributed by atoms with Crippen molar-refractivity contribution in [1.82, 2.24) is 39.3 Å². The van der Waals surface area contributed by atoms with Crippen LogP contribution in [0.1, 0.15) is 62.3 Å². The van der Waals surface area contributed by atoms with E-state index in [1.807, 2.05) is 48.5 Å². The van der Waals surface area contributed by atoms with Crippen LogP contribution < -0.4 is 11.2 Å². The van der Waals surface area contributed by atoms with Gasteiger partial charge in [-0.05, 0) is 70.9 Å². The Kier molecular flexibility index (Phi) is 6.96. The molecule has 2 fully saturated rings. The summed E-state index contributed by atoms with van der Waals surface area (Å²) in [5, 5.41) is 14.5. The lowest BCUT2D eigenvalue weighted by atomic mass is 9.88. The largest absolute Gasteiger partial charge is 0.337 e.